The Morgan fingerprint density at radius 1 is 1.15 bits per heavy atom. The van der Waals surface area contributed by atoms with Gasteiger partial charge in [-0.3, -0.25) is 0 Å². The fourth-order valence-electron chi connectivity index (χ4n) is 1.86. The summed E-state index contributed by atoms with van der Waals surface area (Å²) in [5.41, 5.74) is 3.03. The van der Waals surface area contributed by atoms with Crippen LogP contribution >= 0.6 is 0 Å². The molecule has 0 aliphatic heterocycles. The van der Waals surface area contributed by atoms with Crippen LogP contribution in [0.3, 0.4) is 0 Å². The Morgan fingerprint density at radius 2 is 2.00 bits per heavy atom. The predicted octanol–water partition coefficient (Wildman–Crippen LogP) is 4.74. The lowest BCUT2D eigenvalue weighted by Gasteiger charge is -2.02. The molecule has 0 unspecified atom stereocenters. The highest BCUT2D eigenvalue weighted by molar-refractivity contribution is 5.53. The minimum Gasteiger partial charge on any atom is -0.506 e. The highest BCUT2D eigenvalue weighted by atomic mass is 16.3. The van der Waals surface area contributed by atoms with Gasteiger partial charge in [-0.2, -0.15) is 5.11 Å². The van der Waals surface area contributed by atoms with E-state index < -0.39 is 0 Å². The van der Waals surface area contributed by atoms with Crippen molar-refractivity contribution in [1.82, 2.24) is 0 Å². The smallest absolute Gasteiger partial charge is 0.143 e. The summed E-state index contributed by atoms with van der Waals surface area (Å²) in [5, 5.41) is 18.0. The first-order valence-electron chi connectivity index (χ1n) is 6.53. The van der Waals surface area contributed by atoms with E-state index in [1.807, 2.05) is 30.3 Å². The van der Waals surface area contributed by atoms with E-state index >= 15 is 0 Å². The van der Waals surface area contributed by atoms with Gasteiger partial charge in [0.25, 0.3) is 0 Å². The van der Waals surface area contributed by atoms with Crippen LogP contribution in [0.2, 0.25) is 0 Å². The van der Waals surface area contributed by atoms with Crippen LogP contribution in [0.4, 0.5) is 11.4 Å². The minimum atomic E-state index is 0.127. The molecule has 0 aliphatic carbocycles. The summed E-state index contributed by atoms with van der Waals surface area (Å²) in [6, 6.07) is 12.7. The number of benzene rings is 2. The first-order valence-corrected chi connectivity index (χ1v) is 6.53. The summed E-state index contributed by atoms with van der Waals surface area (Å²) in [6.45, 7) is 2.11. The molecule has 3 heteroatoms. The molecular formula is C17H16N2O. The van der Waals surface area contributed by atoms with E-state index in [1.165, 1.54) is 0 Å². The number of rotatable bonds is 4. The maximum absolute atomic E-state index is 9.80. The molecule has 20 heavy (non-hydrogen) atoms. The van der Waals surface area contributed by atoms with Gasteiger partial charge < -0.3 is 5.11 Å². The Kier molecular flexibility index (Phi) is 4.52. The molecule has 0 fully saturated rings. The van der Waals surface area contributed by atoms with Gasteiger partial charge in [0.05, 0.1) is 5.69 Å². The molecule has 2 aromatic rings. The SMILES string of the molecule is C#Cc1cccc(N=Nc2cc(CCC)ccc2O)c1. The van der Waals surface area contributed by atoms with Crippen molar-refractivity contribution in [3.05, 3.63) is 53.6 Å². The van der Waals surface area contributed by atoms with Gasteiger partial charge in [0.15, 0.2) is 0 Å². The predicted molar refractivity (Wildman–Crippen MR) is 80.7 cm³/mol. The van der Waals surface area contributed by atoms with E-state index in [0.29, 0.717) is 11.4 Å². The summed E-state index contributed by atoms with van der Waals surface area (Å²) in [5.74, 6) is 2.68. The van der Waals surface area contributed by atoms with Crippen molar-refractivity contribution >= 4 is 11.4 Å². The van der Waals surface area contributed by atoms with Crippen LogP contribution in [0.1, 0.15) is 24.5 Å². The molecule has 0 bridgehead atoms. The number of nitrogens with zero attached hydrogens (tertiary/aromatic N) is 2. The van der Waals surface area contributed by atoms with Crippen molar-refractivity contribution in [2.24, 2.45) is 10.2 Å². The monoisotopic (exact) mass is 264 g/mol. The zero-order chi connectivity index (χ0) is 14.4. The number of azo groups is 1. The molecule has 0 spiro atoms. The second-order valence-electron chi connectivity index (χ2n) is 4.47. The third-order valence-corrected chi connectivity index (χ3v) is 2.86. The van der Waals surface area contributed by atoms with Crippen LogP contribution in [0.25, 0.3) is 0 Å². The van der Waals surface area contributed by atoms with Crippen LogP contribution in [-0.2, 0) is 6.42 Å². The average molecular weight is 264 g/mol. The van der Waals surface area contributed by atoms with E-state index in [-0.39, 0.29) is 5.75 Å². The molecule has 0 saturated heterocycles. The van der Waals surface area contributed by atoms with Crippen LogP contribution in [0.5, 0.6) is 5.75 Å². The molecular weight excluding hydrogens is 248 g/mol. The normalized spacial score (nSPS) is 10.6. The molecule has 1 N–H and O–H groups in total. The Hall–Kier alpha value is -2.60. The molecule has 3 nitrogen and oxygen atoms in total. The Labute approximate surface area is 119 Å². The summed E-state index contributed by atoms with van der Waals surface area (Å²) >= 11 is 0. The van der Waals surface area contributed by atoms with Crippen LogP contribution in [-0.4, -0.2) is 5.11 Å². The third kappa shape index (κ3) is 3.46. The molecule has 0 amide bonds. The number of terminal acetylenes is 1. The number of aryl methyl sites for hydroxylation is 1. The molecule has 0 atom stereocenters. The third-order valence-electron chi connectivity index (χ3n) is 2.86. The number of hydrogen-bond acceptors (Lipinski definition) is 3. The van der Waals surface area contributed by atoms with E-state index in [4.69, 9.17) is 6.42 Å². The van der Waals surface area contributed by atoms with Gasteiger partial charge in [-0.25, -0.2) is 0 Å². The summed E-state index contributed by atoms with van der Waals surface area (Å²) in [4.78, 5) is 0. The van der Waals surface area contributed by atoms with Crippen LogP contribution in [0.15, 0.2) is 52.7 Å². The summed E-state index contributed by atoms with van der Waals surface area (Å²) in [7, 11) is 0. The second-order valence-corrected chi connectivity index (χ2v) is 4.47. The lowest BCUT2D eigenvalue weighted by atomic mass is 10.1. The zero-order valence-corrected chi connectivity index (χ0v) is 11.4. The van der Waals surface area contributed by atoms with Crippen LogP contribution in [0, 0.1) is 12.3 Å². The lowest BCUT2D eigenvalue weighted by Crippen LogP contribution is -1.81. The number of aromatic hydroxyl groups is 1. The zero-order valence-electron chi connectivity index (χ0n) is 11.4. The fraction of sp³-hybridized carbons (Fsp3) is 0.176. The van der Waals surface area contributed by atoms with Crippen molar-refractivity contribution in [2.45, 2.75) is 19.8 Å². The van der Waals surface area contributed by atoms with E-state index in [2.05, 4.69) is 23.1 Å². The van der Waals surface area contributed by atoms with Gasteiger partial charge in [0.1, 0.15) is 11.4 Å². The largest absolute Gasteiger partial charge is 0.506 e. The first kappa shape index (κ1) is 13.8. The highest BCUT2D eigenvalue weighted by Gasteiger charge is 2.01. The summed E-state index contributed by atoms with van der Waals surface area (Å²) in [6.07, 6.45) is 7.34. The van der Waals surface area contributed by atoms with E-state index in [9.17, 15) is 5.11 Å². The lowest BCUT2D eigenvalue weighted by molar-refractivity contribution is 0.476. The molecule has 0 radical (unpaired) electrons. The van der Waals surface area contributed by atoms with Crippen molar-refractivity contribution in [2.75, 3.05) is 0 Å². The van der Waals surface area contributed by atoms with Crippen molar-refractivity contribution < 1.29 is 5.11 Å². The molecule has 0 aliphatic rings. The Morgan fingerprint density at radius 3 is 2.75 bits per heavy atom. The average Bonchev–Trinajstić information content (AvgIpc) is 2.48. The number of hydrogen-bond donors (Lipinski definition) is 1. The van der Waals surface area contributed by atoms with Crippen molar-refractivity contribution in [1.29, 1.82) is 0 Å². The first-order chi connectivity index (χ1) is 9.72. The van der Waals surface area contributed by atoms with E-state index in [1.54, 1.807) is 12.1 Å². The number of phenols is 1. The topological polar surface area (TPSA) is 45.0 Å². The minimum absolute atomic E-state index is 0.127. The van der Waals surface area contributed by atoms with Crippen molar-refractivity contribution in [3.8, 4) is 18.1 Å². The molecule has 100 valence electrons. The quantitative estimate of drug-likeness (QED) is 0.629. The Balaban J connectivity index is 2.26. The second kappa shape index (κ2) is 6.53. The van der Waals surface area contributed by atoms with Gasteiger partial charge >= 0.3 is 0 Å². The van der Waals surface area contributed by atoms with Gasteiger partial charge in [-0.15, -0.1) is 11.5 Å². The highest BCUT2D eigenvalue weighted by Crippen LogP contribution is 2.29. The molecule has 2 aromatic carbocycles. The maximum Gasteiger partial charge on any atom is 0.143 e. The molecule has 2 rings (SSSR count). The Bertz CT molecular complexity index is 669. The van der Waals surface area contributed by atoms with Crippen molar-refractivity contribution in [3.63, 3.8) is 0 Å². The standard InChI is InChI=1S/C17H16N2O/c1-3-6-14-9-10-17(20)16(12-14)19-18-15-8-5-7-13(4-2)11-15/h2,5,7-12,20H,3,6H2,1H3. The van der Waals surface area contributed by atoms with E-state index in [0.717, 1.165) is 24.0 Å². The maximum atomic E-state index is 9.80. The molecule has 0 heterocycles. The van der Waals surface area contributed by atoms with Gasteiger partial charge in [-0.05, 0) is 42.3 Å². The van der Waals surface area contributed by atoms with Gasteiger partial charge in [-0.1, -0.05) is 31.4 Å². The number of phenolic OH excluding ortho intramolecular Hbond substituents is 1. The van der Waals surface area contributed by atoms with Gasteiger partial charge in [0.2, 0.25) is 0 Å². The van der Waals surface area contributed by atoms with Gasteiger partial charge in [0, 0.05) is 5.56 Å². The fourth-order valence-corrected chi connectivity index (χ4v) is 1.86. The van der Waals surface area contributed by atoms with Crippen LogP contribution < -0.4 is 0 Å². The molecule has 0 saturated carbocycles. The molecule has 0 aromatic heterocycles. The summed E-state index contributed by atoms with van der Waals surface area (Å²) < 4.78 is 0.